The lowest BCUT2D eigenvalue weighted by molar-refractivity contribution is -0.113. The molecule has 1 N–H and O–H groups in total. The Kier molecular flexibility index (Phi) is 6.71. The van der Waals surface area contributed by atoms with E-state index in [1.165, 1.54) is 11.8 Å². The number of carbonyl (C=O) groups excluding carboxylic acids is 1. The van der Waals surface area contributed by atoms with Crippen LogP contribution in [0.3, 0.4) is 0 Å². The zero-order chi connectivity index (χ0) is 19.9. The van der Waals surface area contributed by atoms with Crippen molar-refractivity contribution in [3.63, 3.8) is 0 Å². The molecule has 0 radical (unpaired) electrons. The van der Waals surface area contributed by atoms with Crippen LogP contribution < -0.4 is 10.1 Å². The first-order valence-corrected chi connectivity index (χ1v) is 10.2. The van der Waals surface area contributed by atoms with Crippen molar-refractivity contribution in [1.29, 1.82) is 0 Å². The van der Waals surface area contributed by atoms with Gasteiger partial charge in [-0.15, -0.1) is 10.2 Å². The molecule has 0 unspecified atom stereocenters. The fraction of sp³-hybridized carbons (Fsp3) is 0.286. The van der Waals surface area contributed by atoms with Crippen LogP contribution in [-0.2, 0) is 18.3 Å². The average Bonchev–Trinajstić information content (AvgIpc) is 3.08. The number of aryl methyl sites for hydroxylation is 1. The molecule has 1 heterocycles. The van der Waals surface area contributed by atoms with Crippen LogP contribution in [0.4, 0.5) is 5.69 Å². The number of hydrogen-bond donors (Lipinski definition) is 1. The Morgan fingerprint density at radius 1 is 1.11 bits per heavy atom. The number of aromatic nitrogens is 3. The summed E-state index contributed by atoms with van der Waals surface area (Å²) < 4.78 is 7.37. The fourth-order valence-electron chi connectivity index (χ4n) is 2.83. The standard InChI is InChI=1S/C21H24N4O2S/c1-4-15-8-6-7-9-18(15)22-19(26)14-28-21-24-23-20(25(21)3)16-10-12-17(13-11-16)27-5-2/h6-13H,4-5,14H2,1-3H3,(H,22,26). The van der Waals surface area contributed by atoms with Crippen molar-refractivity contribution in [2.45, 2.75) is 25.4 Å². The molecule has 1 amide bonds. The van der Waals surface area contributed by atoms with Crippen molar-refractivity contribution in [3.05, 3.63) is 54.1 Å². The van der Waals surface area contributed by atoms with Crippen LogP contribution in [-0.4, -0.2) is 33.0 Å². The van der Waals surface area contributed by atoms with Crippen LogP contribution in [0.1, 0.15) is 19.4 Å². The third-order valence-corrected chi connectivity index (χ3v) is 5.28. The van der Waals surface area contributed by atoms with Crippen LogP contribution in [0.15, 0.2) is 53.7 Å². The minimum absolute atomic E-state index is 0.0588. The monoisotopic (exact) mass is 396 g/mol. The van der Waals surface area contributed by atoms with E-state index in [-0.39, 0.29) is 11.7 Å². The molecule has 146 valence electrons. The van der Waals surface area contributed by atoms with Gasteiger partial charge in [0.2, 0.25) is 5.91 Å². The Bertz CT molecular complexity index is 938. The van der Waals surface area contributed by atoms with Gasteiger partial charge in [0.1, 0.15) is 5.75 Å². The molecule has 6 nitrogen and oxygen atoms in total. The third-order valence-electron chi connectivity index (χ3n) is 4.26. The van der Waals surface area contributed by atoms with Crippen LogP contribution in [0.5, 0.6) is 5.75 Å². The first-order valence-electron chi connectivity index (χ1n) is 9.25. The van der Waals surface area contributed by atoms with Gasteiger partial charge in [-0.1, -0.05) is 36.9 Å². The molecule has 0 saturated carbocycles. The molecule has 7 heteroatoms. The highest BCUT2D eigenvalue weighted by Crippen LogP contribution is 2.25. The number of benzene rings is 2. The third kappa shape index (κ3) is 4.72. The van der Waals surface area contributed by atoms with E-state index < -0.39 is 0 Å². The molecular formula is C21H24N4O2S. The van der Waals surface area contributed by atoms with Gasteiger partial charge in [-0.05, 0) is 49.2 Å². The molecular weight excluding hydrogens is 372 g/mol. The summed E-state index contributed by atoms with van der Waals surface area (Å²) in [7, 11) is 1.90. The molecule has 0 atom stereocenters. The smallest absolute Gasteiger partial charge is 0.234 e. The van der Waals surface area contributed by atoms with Crippen molar-refractivity contribution in [3.8, 4) is 17.1 Å². The average molecular weight is 397 g/mol. The largest absolute Gasteiger partial charge is 0.494 e. The second kappa shape index (κ2) is 9.41. The van der Waals surface area contributed by atoms with Gasteiger partial charge in [-0.3, -0.25) is 4.79 Å². The van der Waals surface area contributed by atoms with E-state index in [2.05, 4.69) is 22.4 Å². The Morgan fingerprint density at radius 3 is 2.57 bits per heavy atom. The maximum absolute atomic E-state index is 12.3. The number of thioether (sulfide) groups is 1. The topological polar surface area (TPSA) is 69.0 Å². The van der Waals surface area contributed by atoms with Crippen LogP contribution in [0, 0.1) is 0 Å². The number of anilines is 1. The minimum Gasteiger partial charge on any atom is -0.494 e. The highest BCUT2D eigenvalue weighted by Gasteiger charge is 2.13. The number of nitrogens with one attached hydrogen (secondary N) is 1. The maximum Gasteiger partial charge on any atom is 0.234 e. The van der Waals surface area contributed by atoms with Gasteiger partial charge in [-0.25, -0.2) is 0 Å². The molecule has 1 aromatic heterocycles. The Morgan fingerprint density at radius 2 is 1.86 bits per heavy atom. The van der Waals surface area contributed by atoms with Crippen molar-refractivity contribution in [1.82, 2.24) is 14.8 Å². The number of para-hydroxylation sites is 1. The Balaban J connectivity index is 1.63. The number of carbonyl (C=O) groups is 1. The zero-order valence-corrected chi connectivity index (χ0v) is 17.1. The van der Waals surface area contributed by atoms with E-state index in [0.29, 0.717) is 11.8 Å². The molecule has 28 heavy (non-hydrogen) atoms. The minimum atomic E-state index is -0.0588. The van der Waals surface area contributed by atoms with Crippen LogP contribution >= 0.6 is 11.8 Å². The van der Waals surface area contributed by atoms with Crippen molar-refractivity contribution < 1.29 is 9.53 Å². The van der Waals surface area contributed by atoms with E-state index in [1.54, 1.807) is 0 Å². The lowest BCUT2D eigenvalue weighted by atomic mass is 10.1. The van der Waals surface area contributed by atoms with Crippen LogP contribution in [0.25, 0.3) is 11.4 Å². The summed E-state index contributed by atoms with van der Waals surface area (Å²) in [6, 6.07) is 15.6. The molecule has 3 rings (SSSR count). The fourth-order valence-corrected chi connectivity index (χ4v) is 3.54. The molecule has 0 saturated heterocycles. The van der Waals surface area contributed by atoms with E-state index in [0.717, 1.165) is 34.8 Å². The second-order valence-corrected chi connectivity index (χ2v) is 7.11. The summed E-state index contributed by atoms with van der Waals surface area (Å²) in [6.45, 7) is 4.66. The molecule has 3 aromatic rings. The molecule has 0 spiro atoms. The van der Waals surface area contributed by atoms with Gasteiger partial charge in [0.25, 0.3) is 0 Å². The van der Waals surface area contributed by atoms with E-state index in [9.17, 15) is 4.79 Å². The molecule has 0 aliphatic rings. The van der Waals surface area contributed by atoms with Crippen molar-refractivity contribution >= 4 is 23.4 Å². The van der Waals surface area contributed by atoms with Gasteiger partial charge in [0.15, 0.2) is 11.0 Å². The first kappa shape index (κ1) is 19.9. The predicted molar refractivity (Wildman–Crippen MR) is 113 cm³/mol. The van der Waals surface area contributed by atoms with Gasteiger partial charge in [0.05, 0.1) is 12.4 Å². The number of ether oxygens (including phenoxy) is 1. The summed E-state index contributed by atoms with van der Waals surface area (Å²) in [5.41, 5.74) is 2.94. The van der Waals surface area contributed by atoms with Gasteiger partial charge in [0, 0.05) is 18.3 Å². The van der Waals surface area contributed by atoms with E-state index in [4.69, 9.17) is 4.74 Å². The quantitative estimate of drug-likeness (QED) is 0.579. The normalized spacial score (nSPS) is 10.7. The Labute approximate surface area is 169 Å². The van der Waals surface area contributed by atoms with Crippen molar-refractivity contribution in [2.24, 2.45) is 7.05 Å². The summed E-state index contributed by atoms with van der Waals surface area (Å²) >= 11 is 1.37. The highest BCUT2D eigenvalue weighted by atomic mass is 32.2. The SMILES string of the molecule is CCOc1ccc(-c2nnc(SCC(=O)Nc3ccccc3CC)n2C)cc1. The van der Waals surface area contributed by atoms with Crippen LogP contribution in [0.2, 0.25) is 0 Å². The lowest BCUT2D eigenvalue weighted by Crippen LogP contribution is -2.15. The molecule has 0 aliphatic heterocycles. The van der Waals surface area contributed by atoms with Gasteiger partial charge >= 0.3 is 0 Å². The molecule has 0 bridgehead atoms. The number of nitrogens with zero attached hydrogens (tertiary/aromatic N) is 3. The second-order valence-electron chi connectivity index (χ2n) is 6.17. The van der Waals surface area contributed by atoms with E-state index >= 15 is 0 Å². The first-order chi connectivity index (χ1) is 13.6. The lowest BCUT2D eigenvalue weighted by Gasteiger charge is -2.09. The summed E-state index contributed by atoms with van der Waals surface area (Å²) in [4.78, 5) is 12.3. The maximum atomic E-state index is 12.3. The highest BCUT2D eigenvalue weighted by molar-refractivity contribution is 7.99. The number of rotatable bonds is 8. The van der Waals surface area contributed by atoms with Crippen molar-refractivity contribution in [2.75, 3.05) is 17.7 Å². The van der Waals surface area contributed by atoms with Gasteiger partial charge < -0.3 is 14.6 Å². The molecule has 0 aliphatic carbocycles. The number of hydrogen-bond acceptors (Lipinski definition) is 5. The van der Waals surface area contributed by atoms with Gasteiger partial charge in [-0.2, -0.15) is 0 Å². The summed E-state index contributed by atoms with van der Waals surface area (Å²) in [6.07, 6.45) is 0.873. The van der Waals surface area contributed by atoms with E-state index in [1.807, 2.05) is 67.1 Å². The summed E-state index contributed by atoms with van der Waals surface area (Å²) in [5.74, 6) is 1.79. The molecule has 0 fully saturated rings. The molecule has 2 aromatic carbocycles. The number of amides is 1. The summed E-state index contributed by atoms with van der Waals surface area (Å²) in [5, 5.41) is 12.2. The zero-order valence-electron chi connectivity index (χ0n) is 16.3. The predicted octanol–water partition coefficient (Wildman–Crippen LogP) is 4.17. The Hall–Kier alpha value is -2.80.